The van der Waals surface area contributed by atoms with E-state index in [4.69, 9.17) is 0 Å². The molecule has 0 aromatic rings. The van der Waals surface area contributed by atoms with Crippen molar-refractivity contribution in [3.8, 4) is 0 Å². The number of carbonyl (C=O) groups is 1. The maximum Gasteiger partial charge on any atom is 0.0823 e. The number of hydrogen-bond donors (Lipinski definition) is 0. The van der Waals surface area contributed by atoms with E-state index in [1.54, 1.807) is 4.90 Å². The molecule has 1 saturated heterocycles. The second kappa shape index (κ2) is 3.89. The zero-order valence-electron chi connectivity index (χ0n) is 5.60. The van der Waals surface area contributed by atoms with Gasteiger partial charge in [-0.3, -0.25) is 0 Å². The molecule has 1 rings (SSSR count). The Kier molecular flexibility index (Phi) is 3.87. The fourth-order valence-corrected chi connectivity index (χ4v) is 0.967. The summed E-state index contributed by atoms with van der Waals surface area (Å²) < 4.78 is 0. The number of hydrogen-bond acceptors (Lipinski definition) is 1. The molecule has 1 amide bonds. The van der Waals surface area contributed by atoms with Gasteiger partial charge in [0.2, 0.25) is 0 Å². The Morgan fingerprint density at radius 3 is 2.00 bits per heavy atom. The molecular weight excluding hydrogens is 167 g/mol. The maximum absolute atomic E-state index is 10.5. The van der Waals surface area contributed by atoms with E-state index in [1.807, 2.05) is 0 Å². The molecule has 9 heavy (non-hydrogen) atoms. The monoisotopic (exact) mass is 176 g/mol. The number of likely N-dealkylation sites (tertiary alicyclic amines) is 1. The third-order valence-electron chi connectivity index (χ3n) is 1.46. The van der Waals surface area contributed by atoms with Crippen molar-refractivity contribution in [1.29, 1.82) is 0 Å². The van der Waals surface area contributed by atoms with E-state index < -0.39 is 0 Å². The minimum absolute atomic E-state index is 0. The van der Waals surface area contributed by atoms with Gasteiger partial charge in [0, 0.05) is 32.6 Å². The van der Waals surface area contributed by atoms with Crippen LogP contribution in [0, 0.1) is 6.92 Å². The van der Waals surface area contributed by atoms with Crippen molar-refractivity contribution < 1.29 is 24.3 Å². The first-order valence-corrected chi connectivity index (χ1v) is 2.91. The van der Waals surface area contributed by atoms with Gasteiger partial charge in [-0.15, -0.1) is 0 Å². The van der Waals surface area contributed by atoms with Gasteiger partial charge in [-0.1, -0.05) is 0 Å². The molecule has 0 N–H and O–H groups in total. The van der Waals surface area contributed by atoms with E-state index in [9.17, 15) is 4.79 Å². The summed E-state index contributed by atoms with van der Waals surface area (Å²) in [6.45, 7) is 5.15. The molecule has 2 nitrogen and oxygen atoms in total. The Hall–Kier alpha value is -0.0366. The smallest absolute Gasteiger partial charge is 0.0823 e. The summed E-state index contributed by atoms with van der Waals surface area (Å²) >= 11 is 0. The zero-order chi connectivity index (χ0) is 5.98. The van der Waals surface area contributed by atoms with Gasteiger partial charge in [0.05, 0.1) is 5.91 Å². The first-order chi connectivity index (χ1) is 3.80. The quantitative estimate of drug-likeness (QED) is 0.388. The molecule has 48 valence electrons. The Morgan fingerprint density at radius 1 is 1.33 bits per heavy atom. The van der Waals surface area contributed by atoms with Crippen LogP contribution in [0.4, 0.5) is 0 Å². The van der Waals surface area contributed by atoms with E-state index in [1.165, 1.54) is 0 Å². The van der Waals surface area contributed by atoms with E-state index in [-0.39, 0.29) is 25.4 Å². The predicted octanol–water partition coefficient (Wildman–Crippen LogP) is 0.440. The molecule has 1 aliphatic heterocycles. The summed E-state index contributed by atoms with van der Waals surface area (Å²) in [7, 11) is 0. The Balaban J connectivity index is 0.000000640. The molecule has 1 heterocycles. The van der Waals surface area contributed by atoms with Crippen LogP contribution in [0.25, 0.3) is 0 Å². The molecule has 0 bridgehead atoms. The Bertz CT molecular complexity index is 99.2. The summed E-state index contributed by atoms with van der Waals surface area (Å²) in [4.78, 5) is 12.2. The third-order valence-corrected chi connectivity index (χ3v) is 1.46. The molecule has 0 aromatic heterocycles. The van der Waals surface area contributed by atoms with Crippen molar-refractivity contribution in [2.75, 3.05) is 13.1 Å². The fraction of sp³-hybridized carbons (Fsp3) is 0.667. The van der Waals surface area contributed by atoms with Gasteiger partial charge in [-0.25, -0.2) is 0 Å². The van der Waals surface area contributed by atoms with Crippen molar-refractivity contribution in [3.05, 3.63) is 6.92 Å². The molecule has 0 radical (unpaired) electrons. The first-order valence-electron chi connectivity index (χ1n) is 2.91. The number of carbonyl (C=O) groups excluding carboxylic acids is 1. The van der Waals surface area contributed by atoms with Gasteiger partial charge in [-0.2, -0.15) is 0 Å². The minimum atomic E-state index is -0.0255. The molecule has 0 aromatic carbocycles. The van der Waals surface area contributed by atoms with Gasteiger partial charge in [0.15, 0.2) is 0 Å². The van der Waals surface area contributed by atoms with E-state index in [2.05, 4.69) is 6.92 Å². The van der Waals surface area contributed by atoms with Crippen LogP contribution in [0.3, 0.4) is 0 Å². The van der Waals surface area contributed by atoms with Gasteiger partial charge in [0.25, 0.3) is 0 Å². The maximum atomic E-state index is 10.5. The molecule has 3 heteroatoms. The zero-order valence-corrected chi connectivity index (χ0v) is 8.57. The van der Waals surface area contributed by atoms with E-state index in [0.29, 0.717) is 0 Å². The van der Waals surface area contributed by atoms with Crippen LogP contribution in [0.2, 0.25) is 0 Å². The van der Waals surface area contributed by atoms with Gasteiger partial charge < -0.3 is 16.6 Å². The van der Waals surface area contributed by atoms with Gasteiger partial charge in [-0.05, 0) is 12.8 Å². The second-order valence-corrected chi connectivity index (χ2v) is 2.09. The molecular formula is C6H10NOZn-. The van der Waals surface area contributed by atoms with Crippen LogP contribution in [-0.2, 0) is 24.3 Å². The average molecular weight is 178 g/mol. The standard InChI is InChI=1S/C6H10NO.Zn/c1-6(8)7-4-2-3-5-7;/h1-5H2;/q-1;. The summed E-state index contributed by atoms with van der Waals surface area (Å²) in [5.74, 6) is -0.0255. The normalized spacial score (nSPS) is 17.1. The van der Waals surface area contributed by atoms with Gasteiger partial charge in [0.1, 0.15) is 0 Å². The largest absolute Gasteiger partial charge is 0.368 e. The second-order valence-electron chi connectivity index (χ2n) is 2.09. The van der Waals surface area contributed by atoms with Crippen molar-refractivity contribution in [2.24, 2.45) is 0 Å². The molecule has 1 aliphatic rings. The average Bonchev–Trinajstić information content (AvgIpc) is 2.12. The summed E-state index contributed by atoms with van der Waals surface area (Å²) in [6.07, 6.45) is 2.31. The van der Waals surface area contributed by atoms with Crippen LogP contribution >= 0.6 is 0 Å². The molecule has 0 aliphatic carbocycles. The molecule has 1 fully saturated rings. The van der Waals surface area contributed by atoms with E-state index >= 15 is 0 Å². The van der Waals surface area contributed by atoms with Crippen molar-refractivity contribution in [2.45, 2.75) is 12.8 Å². The van der Waals surface area contributed by atoms with Crippen molar-refractivity contribution >= 4 is 5.91 Å². The fourth-order valence-electron chi connectivity index (χ4n) is 0.967. The van der Waals surface area contributed by atoms with Crippen molar-refractivity contribution in [3.63, 3.8) is 0 Å². The molecule has 0 unspecified atom stereocenters. The number of amides is 1. The minimum Gasteiger partial charge on any atom is -0.368 e. The first kappa shape index (κ1) is 8.96. The number of rotatable bonds is 0. The topological polar surface area (TPSA) is 20.3 Å². The van der Waals surface area contributed by atoms with Crippen molar-refractivity contribution in [1.82, 2.24) is 4.90 Å². The van der Waals surface area contributed by atoms with Crippen LogP contribution in [0.15, 0.2) is 0 Å². The van der Waals surface area contributed by atoms with Crippen LogP contribution in [0.5, 0.6) is 0 Å². The van der Waals surface area contributed by atoms with Gasteiger partial charge >= 0.3 is 0 Å². The SMILES string of the molecule is [CH2-]C(=O)N1CCCC1.[Zn]. The third kappa shape index (κ3) is 2.36. The number of nitrogens with zero attached hydrogens (tertiary/aromatic N) is 1. The van der Waals surface area contributed by atoms with Crippen LogP contribution in [-0.4, -0.2) is 23.9 Å². The van der Waals surface area contributed by atoms with E-state index in [0.717, 1.165) is 25.9 Å². The summed E-state index contributed by atoms with van der Waals surface area (Å²) in [6, 6.07) is 0. The van der Waals surface area contributed by atoms with Crippen LogP contribution in [0.1, 0.15) is 12.8 Å². The molecule has 0 spiro atoms. The van der Waals surface area contributed by atoms with Crippen LogP contribution < -0.4 is 0 Å². The Morgan fingerprint density at radius 2 is 1.78 bits per heavy atom. The molecule has 0 saturated carbocycles. The molecule has 0 atom stereocenters. The summed E-state index contributed by atoms with van der Waals surface area (Å²) in [5.41, 5.74) is 0. The predicted molar refractivity (Wildman–Crippen MR) is 31.2 cm³/mol. The summed E-state index contributed by atoms with van der Waals surface area (Å²) in [5, 5.41) is 0. The Labute approximate surface area is 68.4 Å².